The van der Waals surface area contributed by atoms with Gasteiger partial charge in [0.2, 0.25) is 0 Å². The van der Waals surface area contributed by atoms with Gasteiger partial charge in [-0.25, -0.2) is 0 Å². The molecule has 0 aliphatic carbocycles. The maximum absolute atomic E-state index is 6.00. The lowest BCUT2D eigenvalue weighted by atomic mass is 10.0. The van der Waals surface area contributed by atoms with Gasteiger partial charge in [0, 0.05) is 19.3 Å². The van der Waals surface area contributed by atoms with Crippen molar-refractivity contribution in [3.63, 3.8) is 0 Å². The van der Waals surface area contributed by atoms with E-state index in [0.717, 1.165) is 19.3 Å². The van der Waals surface area contributed by atoms with Crippen molar-refractivity contribution >= 4 is 0 Å². The molecule has 1 rings (SSSR count). The third-order valence-electron chi connectivity index (χ3n) is 2.71. The molecule has 0 saturated carbocycles. The van der Waals surface area contributed by atoms with E-state index in [4.69, 9.17) is 5.73 Å². The van der Waals surface area contributed by atoms with Gasteiger partial charge in [0.1, 0.15) is 0 Å². The highest BCUT2D eigenvalue weighted by Gasteiger charge is 2.03. The summed E-state index contributed by atoms with van der Waals surface area (Å²) < 4.78 is 1.85. The van der Waals surface area contributed by atoms with Crippen molar-refractivity contribution in [3.05, 3.63) is 18.0 Å². The van der Waals surface area contributed by atoms with E-state index >= 15 is 0 Å². The minimum Gasteiger partial charge on any atom is -0.328 e. The van der Waals surface area contributed by atoms with E-state index in [1.165, 1.54) is 25.0 Å². The van der Waals surface area contributed by atoms with E-state index in [1.807, 2.05) is 17.9 Å². The predicted molar refractivity (Wildman–Crippen MR) is 63.6 cm³/mol. The standard InChI is InChI=1S/C12H23N3/c1-3-4-6-11(13)7-5-8-12-9-10-15(2)14-12/h9-11H,3-8,13H2,1-2H3. The van der Waals surface area contributed by atoms with Gasteiger partial charge in [-0.2, -0.15) is 5.10 Å². The fourth-order valence-corrected chi connectivity index (χ4v) is 1.75. The monoisotopic (exact) mass is 209 g/mol. The molecule has 1 heterocycles. The lowest BCUT2D eigenvalue weighted by molar-refractivity contribution is 0.521. The maximum Gasteiger partial charge on any atom is 0.0624 e. The third kappa shape index (κ3) is 4.98. The van der Waals surface area contributed by atoms with Crippen molar-refractivity contribution in [2.24, 2.45) is 12.8 Å². The molecular formula is C12H23N3. The Morgan fingerprint density at radius 3 is 2.73 bits per heavy atom. The van der Waals surface area contributed by atoms with Crippen molar-refractivity contribution in [1.82, 2.24) is 9.78 Å². The highest BCUT2D eigenvalue weighted by atomic mass is 15.2. The fourth-order valence-electron chi connectivity index (χ4n) is 1.75. The van der Waals surface area contributed by atoms with Gasteiger partial charge in [0.05, 0.1) is 5.69 Å². The normalized spacial score (nSPS) is 13.0. The molecule has 0 aliphatic heterocycles. The highest BCUT2D eigenvalue weighted by Crippen LogP contribution is 2.07. The van der Waals surface area contributed by atoms with Crippen LogP contribution in [0.1, 0.15) is 44.7 Å². The van der Waals surface area contributed by atoms with Crippen LogP contribution in [0.5, 0.6) is 0 Å². The van der Waals surface area contributed by atoms with Crippen LogP contribution in [0.2, 0.25) is 0 Å². The smallest absolute Gasteiger partial charge is 0.0624 e. The van der Waals surface area contributed by atoms with E-state index in [-0.39, 0.29) is 0 Å². The van der Waals surface area contributed by atoms with E-state index in [0.29, 0.717) is 6.04 Å². The molecule has 2 N–H and O–H groups in total. The minimum atomic E-state index is 0.383. The molecule has 0 aliphatic rings. The molecule has 3 heteroatoms. The zero-order chi connectivity index (χ0) is 11.1. The molecule has 0 fully saturated rings. The summed E-state index contributed by atoms with van der Waals surface area (Å²) >= 11 is 0. The van der Waals surface area contributed by atoms with Crippen LogP contribution in [0.15, 0.2) is 12.3 Å². The largest absolute Gasteiger partial charge is 0.328 e. The van der Waals surface area contributed by atoms with Gasteiger partial charge in [0.15, 0.2) is 0 Å². The Balaban J connectivity index is 2.10. The molecule has 0 amide bonds. The summed E-state index contributed by atoms with van der Waals surface area (Å²) in [7, 11) is 1.95. The predicted octanol–water partition coefficient (Wildman–Crippen LogP) is 2.26. The average molecular weight is 209 g/mol. The number of aromatic nitrogens is 2. The van der Waals surface area contributed by atoms with E-state index < -0.39 is 0 Å². The summed E-state index contributed by atoms with van der Waals surface area (Å²) in [6, 6.07) is 2.46. The van der Waals surface area contributed by atoms with Crippen LogP contribution in [0.3, 0.4) is 0 Å². The first-order chi connectivity index (χ1) is 7.22. The van der Waals surface area contributed by atoms with E-state index in [1.54, 1.807) is 0 Å². The number of hydrogen-bond donors (Lipinski definition) is 1. The molecule has 0 aromatic carbocycles. The molecule has 1 unspecified atom stereocenters. The summed E-state index contributed by atoms with van der Waals surface area (Å²) in [6.45, 7) is 2.21. The van der Waals surface area contributed by atoms with Gasteiger partial charge in [-0.15, -0.1) is 0 Å². The second-order valence-corrected chi connectivity index (χ2v) is 4.28. The number of aryl methyl sites for hydroxylation is 2. The van der Waals surface area contributed by atoms with Crippen LogP contribution < -0.4 is 5.73 Å². The SMILES string of the molecule is CCCCC(N)CCCc1ccn(C)n1. The Hall–Kier alpha value is -0.830. The fraction of sp³-hybridized carbons (Fsp3) is 0.750. The second kappa shape index (κ2) is 6.62. The van der Waals surface area contributed by atoms with Gasteiger partial charge < -0.3 is 5.73 Å². The maximum atomic E-state index is 6.00. The van der Waals surface area contributed by atoms with E-state index in [2.05, 4.69) is 18.1 Å². The quantitative estimate of drug-likeness (QED) is 0.748. The van der Waals surface area contributed by atoms with Crippen LogP contribution in [-0.2, 0) is 13.5 Å². The lowest BCUT2D eigenvalue weighted by Gasteiger charge is -2.09. The zero-order valence-electron chi connectivity index (χ0n) is 9.95. The Morgan fingerprint density at radius 1 is 1.40 bits per heavy atom. The number of nitrogens with zero attached hydrogens (tertiary/aromatic N) is 2. The summed E-state index contributed by atoms with van der Waals surface area (Å²) in [5.41, 5.74) is 7.18. The van der Waals surface area contributed by atoms with Crippen molar-refractivity contribution < 1.29 is 0 Å². The molecule has 0 radical (unpaired) electrons. The number of unbranched alkanes of at least 4 members (excludes halogenated alkanes) is 1. The molecule has 1 aromatic rings. The molecule has 1 atom stereocenters. The van der Waals surface area contributed by atoms with Gasteiger partial charge in [-0.05, 0) is 31.7 Å². The van der Waals surface area contributed by atoms with Crippen molar-refractivity contribution in [2.75, 3.05) is 0 Å². The molecule has 86 valence electrons. The molecule has 0 spiro atoms. The summed E-state index contributed by atoms with van der Waals surface area (Å²) in [4.78, 5) is 0. The second-order valence-electron chi connectivity index (χ2n) is 4.28. The summed E-state index contributed by atoms with van der Waals surface area (Å²) in [5, 5.41) is 4.35. The molecule has 0 saturated heterocycles. The number of nitrogens with two attached hydrogens (primary N) is 1. The number of hydrogen-bond acceptors (Lipinski definition) is 2. The van der Waals surface area contributed by atoms with Gasteiger partial charge in [-0.1, -0.05) is 19.8 Å². The van der Waals surface area contributed by atoms with Crippen molar-refractivity contribution in [1.29, 1.82) is 0 Å². The van der Waals surface area contributed by atoms with Gasteiger partial charge >= 0.3 is 0 Å². The van der Waals surface area contributed by atoms with Crippen LogP contribution in [0, 0.1) is 0 Å². The van der Waals surface area contributed by atoms with Crippen LogP contribution in [0.25, 0.3) is 0 Å². The van der Waals surface area contributed by atoms with Gasteiger partial charge in [0.25, 0.3) is 0 Å². The first-order valence-electron chi connectivity index (χ1n) is 5.96. The summed E-state index contributed by atoms with van der Waals surface area (Å²) in [5.74, 6) is 0. The van der Waals surface area contributed by atoms with Crippen LogP contribution in [-0.4, -0.2) is 15.8 Å². The van der Waals surface area contributed by atoms with Crippen LogP contribution >= 0.6 is 0 Å². The third-order valence-corrected chi connectivity index (χ3v) is 2.71. The molecule has 1 aromatic heterocycles. The van der Waals surface area contributed by atoms with Crippen LogP contribution in [0.4, 0.5) is 0 Å². The zero-order valence-corrected chi connectivity index (χ0v) is 9.95. The lowest BCUT2D eigenvalue weighted by Crippen LogP contribution is -2.19. The molecule has 15 heavy (non-hydrogen) atoms. The average Bonchev–Trinajstić information content (AvgIpc) is 2.61. The Kier molecular flexibility index (Phi) is 5.40. The van der Waals surface area contributed by atoms with Crippen molar-refractivity contribution in [3.8, 4) is 0 Å². The molecule has 0 bridgehead atoms. The van der Waals surface area contributed by atoms with Crippen molar-refractivity contribution in [2.45, 2.75) is 51.5 Å². The Bertz CT molecular complexity index is 268. The first kappa shape index (κ1) is 12.2. The topological polar surface area (TPSA) is 43.8 Å². The Labute approximate surface area is 92.7 Å². The molecular weight excluding hydrogens is 186 g/mol. The summed E-state index contributed by atoms with van der Waals surface area (Å²) in [6.07, 6.45) is 8.99. The minimum absolute atomic E-state index is 0.383. The molecule has 3 nitrogen and oxygen atoms in total. The first-order valence-corrected chi connectivity index (χ1v) is 5.96. The number of rotatable bonds is 7. The van der Waals surface area contributed by atoms with Gasteiger partial charge in [-0.3, -0.25) is 4.68 Å². The highest BCUT2D eigenvalue weighted by molar-refractivity contribution is 4.98. The van der Waals surface area contributed by atoms with E-state index in [9.17, 15) is 0 Å². The Morgan fingerprint density at radius 2 is 2.13 bits per heavy atom.